The van der Waals surface area contributed by atoms with Gasteiger partial charge in [0.05, 0.1) is 18.1 Å². The quantitative estimate of drug-likeness (QED) is 0.791. The highest BCUT2D eigenvalue weighted by Crippen LogP contribution is 2.31. The molecule has 0 aliphatic carbocycles. The number of nitrogens with zero attached hydrogens (tertiary/aromatic N) is 2. The highest BCUT2D eigenvalue weighted by atomic mass is 32.2. The second kappa shape index (κ2) is 8.37. The Kier molecular flexibility index (Phi) is 5.81. The number of hydrogen-bond donors (Lipinski definition) is 1. The molecule has 2 aliphatic rings. The summed E-state index contributed by atoms with van der Waals surface area (Å²) in [5, 5.41) is 2.94. The maximum atomic E-state index is 13.0. The van der Waals surface area contributed by atoms with Crippen LogP contribution in [0.15, 0.2) is 41.3 Å². The first kappa shape index (κ1) is 20.8. The number of rotatable bonds is 5. The topological polar surface area (TPSA) is 79.0 Å². The van der Waals surface area contributed by atoms with Gasteiger partial charge in [0, 0.05) is 43.1 Å². The molecule has 2 heterocycles. The normalized spacial score (nSPS) is 17.1. The Labute approximate surface area is 177 Å². The number of aryl methyl sites for hydroxylation is 1. The molecule has 7 nitrogen and oxygen atoms in total. The minimum atomic E-state index is -3.66. The predicted molar refractivity (Wildman–Crippen MR) is 117 cm³/mol. The first-order valence-electron chi connectivity index (χ1n) is 10.3. The maximum Gasteiger partial charge on any atom is 0.255 e. The van der Waals surface area contributed by atoms with Gasteiger partial charge in [-0.2, -0.15) is 4.31 Å². The summed E-state index contributed by atoms with van der Waals surface area (Å²) in [4.78, 5) is 15.4. The number of fused-ring (bicyclic) bond motifs is 1. The SMILES string of the molecule is CCN1CCc2ccc(NC(=O)c3cc(S(=O)(=O)N4CCOCC4)ccc3C)cc21. The standard InChI is InChI=1S/C22H27N3O4S/c1-3-24-9-8-17-5-6-18(14-21(17)24)23-22(26)20-15-19(7-4-16(20)2)30(27,28)25-10-12-29-13-11-25/h4-7,14-15H,3,8-13H2,1-2H3,(H,23,26). The Morgan fingerprint density at radius 3 is 2.60 bits per heavy atom. The molecule has 30 heavy (non-hydrogen) atoms. The van der Waals surface area contributed by atoms with Crippen molar-refractivity contribution in [1.29, 1.82) is 0 Å². The fourth-order valence-electron chi connectivity index (χ4n) is 3.99. The zero-order valence-electron chi connectivity index (χ0n) is 17.3. The van der Waals surface area contributed by atoms with Crippen LogP contribution in [-0.4, -0.2) is 58.0 Å². The average Bonchev–Trinajstić information content (AvgIpc) is 3.17. The number of benzene rings is 2. The van der Waals surface area contributed by atoms with Crippen molar-refractivity contribution in [2.75, 3.05) is 49.6 Å². The summed E-state index contributed by atoms with van der Waals surface area (Å²) >= 11 is 0. The number of carbonyl (C=O) groups is 1. The van der Waals surface area contributed by atoms with Crippen molar-refractivity contribution in [2.45, 2.75) is 25.2 Å². The molecule has 1 amide bonds. The van der Waals surface area contributed by atoms with E-state index in [0.29, 0.717) is 37.6 Å². The summed E-state index contributed by atoms with van der Waals surface area (Å²) in [6.07, 6.45) is 1.01. The van der Waals surface area contributed by atoms with E-state index in [9.17, 15) is 13.2 Å². The third kappa shape index (κ3) is 3.95. The third-order valence-corrected chi connectivity index (χ3v) is 7.67. The number of hydrogen-bond acceptors (Lipinski definition) is 5. The van der Waals surface area contributed by atoms with Crippen molar-refractivity contribution in [3.63, 3.8) is 0 Å². The molecule has 0 radical (unpaired) electrons. The minimum Gasteiger partial charge on any atom is -0.379 e. The van der Waals surface area contributed by atoms with E-state index >= 15 is 0 Å². The largest absolute Gasteiger partial charge is 0.379 e. The molecule has 0 saturated carbocycles. The lowest BCUT2D eigenvalue weighted by Gasteiger charge is -2.26. The van der Waals surface area contributed by atoms with E-state index in [4.69, 9.17) is 4.74 Å². The third-order valence-electron chi connectivity index (χ3n) is 5.78. The van der Waals surface area contributed by atoms with Crippen LogP contribution in [0.2, 0.25) is 0 Å². The van der Waals surface area contributed by atoms with Crippen molar-refractivity contribution >= 4 is 27.3 Å². The summed E-state index contributed by atoms with van der Waals surface area (Å²) < 4.78 is 32.6. The Bertz CT molecular complexity index is 1060. The number of carbonyl (C=O) groups excluding carboxylic acids is 1. The minimum absolute atomic E-state index is 0.131. The van der Waals surface area contributed by atoms with Crippen LogP contribution in [0, 0.1) is 6.92 Å². The van der Waals surface area contributed by atoms with E-state index in [1.807, 2.05) is 25.1 Å². The number of sulfonamides is 1. The zero-order valence-corrected chi connectivity index (χ0v) is 18.2. The first-order valence-corrected chi connectivity index (χ1v) is 11.7. The van der Waals surface area contributed by atoms with E-state index in [0.717, 1.165) is 30.8 Å². The lowest BCUT2D eigenvalue weighted by molar-refractivity contribution is 0.0730. The van der Waals surface area contributed by atoms with Crippen molar-refractivity contribution in [3.05, 3.63) is 53.1 Å². The van der Waals surface area contributed by atoms with E-state index in [-0.39, 0.29) is 10.8 Å². The summed E-state index contributed by atoms with van der Waals surface area (Å²) in [6.45, 7) is 7.24. The fraction of sp³-hybridized carbons (Fsp3) is 0.409. The first-order chi connectivity index (χ1) is 14.4. The van der Waals surface area contributed by atoms with Gasteiger partial charge < -0.3 is 15.0 Å². The van der Waals surface area contributed by atoms with E-state index in [2.05, 4.69) is 17.1 Å². The van der Waals surface area contributed by atoms with Gasteiger partial charge in [-0.25, -0.2) is 8.42 Å². The zero-order chi connectivity index (χ0) is 21.3. The highest BCUT2D eigenvalue weighted by Gasteiger charge is 2.27. The fourth-order valence-corrected chi connectivity index (χ4v) is 5.43. The van der Waals surface area contributed by atoms with Crippen molar-refractivity contribution in [1.82, 2.24) is 4.31 Å². The Hall–Kier alpha value is -2.42. The molecule has 0 atom stereocenters. The monoisotopic (exact) mass is 429 g/mol. The van der Waals surface area contributed by atoms with E-state index in [1.54, 1.807) is 12.1 Å². The predicted octanol–water partition coefficient (Wildman–Crippen LogP) is 2.65. The molecule has 4 rings (SSSR count). The van der Waals surface area contributed by atoms with Crippen LogP contribution in [0.1, 0.15) is 28.4 Å². The molecule has 1 saturated heterocycles. The molecule has 2 aliphatic heterocycles. The van der Waals surface area contributed by atoms with Crippen LogP contribution in [0.25, 0.3) is 0 Å². The summed E-state index contributed by atoms with van der Waals surface area (Å²) in [7, 11) is -3.66. The van der Waals surface area contributed by atoms with Gasteiger partial charge in [-0.15, -0.1) is 0 Å². The molecule has 1 fully saturated rings. The van der Waals surface area contributed by atoms with Gasteiger partial charge in [-0.3, -0.25) is 4.79 Å². The van der Waals surface area contributed by atoms with Crippen LogP contribution in [0.3, 0.4) is 0 Å². The van der Waals surface area contributed by atoms with Crippen molar-refractivity contribution in [3.8, 4) is 0 Å². The van der Waals surface area contributed by atoms with Crippen LogP contribution >= 0.6 is 0 Å². The summed E-state index contributed by atoms with van der Waals surface area (Å²) in [6, 6.07) is 10.7. The van der Waals surface area contributed by atoms with Gasteiger partial charge in [0.1, 0.15) is 0 Å². The maximum absolute atomic E-state index is 13.0. The molecule has 1 N–H and O–H groups in total. The lowest BCUT2D eigenvalue weighted by atomic mass is 10.1. The molecule has 2 aromatic carbocycles. The number of likely N-dealkylation sites (N-methyl/N-ethyl adjacent to an activating group) is 1. The van der Waals surface area contributed by atoms with Gasteiger partial charge in [-0.1, -0.05) is 12.1 Å². The molecule has 8 heteroatoms. The number of amides is 1. The molecule has 0 spiro atoms. The number of ether oxygens (including phenoxy) is 1. The molecule has 2 aromatic rings. The molecule has 160 valence electrons. The summed E-state index contributed by atoms with van der Waals surface area (Å²) in [5.74, 6) is -0.312. The second-order valence-corrected chi connectivity index (χ2v) is 9.56. The lowest BCUT2D eigenvalue weighted by Crippen LogP contribution is -2.40. The van der Waals surface area contributed by atoms with Crippen LogP contribution in [0.5, 0.6) is 0 Å². The average molecular weight is 430 g/mol. The Balaban J connectivity index is 1.58. The summed E-state index contributed by atoms with van der Waals surface area (Å²) in [5.41, 5.74) is 4.22. The highest BCUT2D eigenvalue weighted by molar-refractivity contribution is 7.89. The van der Waals surface area contributed by atoms with E-state index < -0.39 is 10.0 Å². The van der Waals surface area contributed by atoms with Gasteiger partial charge in [-0.05, 0) is 55.7 Å². The number of anilines is 2. The van der Waals surface area contributed by atoms with Crippen LogP contribution in [-0.2, 0) is 21.2 Å². The van der Waals surface area contributed by atoms with Crippen molar-refractivity contribution in [2.24, 2.45) is 0 Å². The number of morpholine rings is 1. The van der Waals surface area contributed by atoms with Crippen LogP contribution in [0.4, 0.5) is 11.4 Å². The molecular weight excluding hydrogens is 402 g/mol. The smallest absolute Gasteiger partial charge is 0.255 e. The number of nitrogens with one attached hydrogen (secondary N) is 1. The molecule has 0 aromatic heterocycles. The molecule has 0 bridgehead atoms. The van der Waals surface area contributed by atoms with Gasteiger partial charge >= 0.3 is 0 Å². The van der Waals surface area contributed by atoms with E-state index in [1.165, 1.54) is 15.9 Å². The van der Waals surface area contributed by atoms with Gasteiger partial charge in [0.25, 0.3) is 5.91 Å². The Morgan fingerprint density at radius 1 is 1.10 bits per heavy atom. The molecular formula is C22H27N3O4S. The van der Waals surface area contributed by atoms with Gasteiger partial charge in [0.15, 0.2) is 0 Å². The second-order valence-electron chi connectivity index (χ2n) is 7.62. The van der Waals surface area contributed by atoms with Crippen molar-refractivity contribution < 1.29 is 17.9 Å². The molecule has 0 unspecified atom stereocenters. The van der Waals surface area contributed by atoms with Crippen LogP contribution < -0.4 is 10.2 Å². The van der Waals surface area contributed by atoms with Gasteiger partial charge in [0.2, 0.25) is 10.0 Å². The Morgan fingerprint density at radius 2 is 1.87 bits per heavy atom.